The van der Waals surface area contributed by atoms with E-state index in [2.05, 4.69) is 4.98 Å². The quantitative estimate of drug-likeness (QED) is 0.644. The summed E-state index contributed by atoms with van der Waals surface area (Å²) < 4.78 is 33.5. The number of sulfonamides is 1. The molecule has 0 spiro atoms. The average molecular weight is 345 g/mol. The monoisotopic (exact) mass is 345 g/mol. The first-order chi connectivity index (χ1) is 11.6. The molecule has 0 unspecified atom stereocenters. The lowest BCUT2D eigenvalue weighted by molar-refractivity contribution is 0.0730. The summed E-state index contributed by atoms with van der Waals surface area (Å²) in [6.45, 7) is 1.38. The lowest BCUT2D eigenvalue weighted by atomic mass is 10.2. The van der Waals surface area contributed by atoms with Crippen LogP contribution >= 0.6 is 0 Å². The van der Waals surface area contributed by atoms with Gasteiger partial charge < -0.3 is 4.74 Å². The third kappa shape index (κ3) is 2.39. The zero-order valence-corrected chi connectivity index (χ0v) is 13.6. The molecule has 0 bridgehead atoms. The number of hydrogen-bond acceptors (Lipinski definition) is 5. The van der Waals surface area contributed by atoms with Crippen molar-refractivity contribution in [2.75, 3.05) is 26.3 Å². The zero-order valence-electron chi connectivity index (χ0n) is 12.8. The minimum Gasteiger partial charge on any atom is -0.379 e. The first-order valence-corrected chi connectivity index (χ1v) is 9.00. The predicted octanol–water partition coefficient (Wildman–Crippen LogP) is 0.869. The van der Waals surface area contributed by atoms with E-state index in [1.54, 1.807) is 30.5 Å². The number of nitrogens with zero attached hydrogens (tertiary/aromatic N) is 3. The Morgan fingerprint density at radius 3 is 2.67 bits per heavy atom. The van der Waals surface area contributed by atoms with Gasteiger partial charge in [0, 0.05) is 19.3 Å². The molecule has 0 saturated carbocycles. The van der Waals surface area contributed by atoms with E-state index in [4.69, 9.17) is 4.74 Å². The van der Waals surface area contributed by atoms with Gasteiger partial charge in [0.05, 0.1) is 29.0 Å². The van der Waals surface area contributed by atoms with E-state index in [-0.39, 0.29) is 15.8 Å². The van der Waals surface area contributed by atoms with Crippen molar-refractivity contribution in [1.29, 1.82) is 0 Å². The first kappa shape index (κ1) is 15.3. The Kier molecular flexibility index (Phi) is 3.60. The van der Waals surface area contributed by atoms with Gasteiger partial charge in [-0.3, -0.25) is 9.20 Å². The molecule has 1 aromatic carbocycles. The van der Waals surface area contributed by atoms with Crippen LogP contribution in [0.3, 0.4) is 0 Å². The minimum absolute atomic E-state index is 0.103. The molecule has 8 heteroatoms. The molecule has 1 fully saturated rings. The molecule has 2 aromatic heterocycles. The van der Waals surface area contributed by atoms with Gasteiger partial charge in [-0.2, -0.15) is 4.31 Å². The molecule has 4 rings (SSSR count). The maximum Gasteiger partial charge on any atom is 0.265 e. The summed E-state index contributed by atoms with van der Waals surface area (Å²) in [6, 6.07) is 9.76. The first-order valence-electron chi connectivity index (χ1n) is 7.56. The van der Waals surface area contributed by atoms with Crippen LogP contribution in [0.25, 0.3) is 16.6 Å². The maximum absolute atomic E-state index is 12.7. The normalized spacial score (nSPS) is 16.7. The van der Waals surface area contributed by atoms with Crippen molar-refractivity contribution in [2.45, 2.75) is 4.90 Å². The summed E-state index contributed by atoms with van der Waals surface area (Å²) in [5, 5.41) is 0.285. The summed E-state index contributed by atoms with van der Waals surface area (Å²) in [6.07, 6.45) is 1.62. The summed E-state index contributed by atoms with van der Waals surface area (Å²) in [7, 11) is -3.65. The fourth-order valence-corrected chi connectivity index (χ4v) is 4.27. The molecule has 24 heavy (non-hydrogen) atoms. The van der Waals surface area contributed by atoms with Crippen LogP contribution in [0.15, 0.2) is 52.3 Å². The Labute approximate surface area is 138 Å². The van der Waals surface area contributed by atoms with Crippen molar-refractivity contribution < 1.29 is 13.2 Å². The molecular formula is C16H15N3O4S. The third-order valence-electron chi connectivity index (χ3n) is 4.10. The molecule has 3 aromatic rings. The molecule has 0 N–H and O–H groups in total. The number of benzene rings is 1. The lowest BCUT2D eigenvalue weighted by Gasteiger charge is -2.26. The number of ether oxygens (including phenoxy) is 1. The van der Waals surface area contributed by atoms with Gasteiger partial charge in [-0.05, 0) is 30.3 Å². The van der Waals surface area contributed by atoms with Crippen molar-refractivity contribution in [3.8, 4) is 0 Å². The van der Waals surface area contributed by atoms with Gasteiger partial charge >= 0.3 is 0 Å². The van der Waals surface area contributed by atoms with Gasteiger partial charge in [-0.25, -0.2) is 13.4 Å². The molecular weight excluding hydrogens is 330 g/mol. The van der Waals surface area contributed by atoms with Crippen LogP contribution in [0, 0.1) is 0 Å². The predicted molar refractivity (Wildman–Crippen MR) is 88.5 cm³/mol. The van der Waals surface area contributed by atoms with Crippen molar-refractivity contribution in [1.82, 2.24) is 13.7 Å². The topological polar surface area (TPSA) is 81.0 Å². The second-order valence-corrected chi connectivity index (χ2v) is 7.48. The van der Waals surface area contributed by atoms with Crippen LogP contribution in [0.4, 0.5) is 0 Å². The van der Waals surface area contributed by atoms with Crippen LogP contribution in [-0.2, 0) is 14.8 Å². The smallest absolute Gasteiger partial charge is 0.265 e. The molecule has 3 heterocycles. The fraction of sp³-hybridized carbons (Fsp3) is 0.250. The molecule has 0 radical (unpaired) electrons. The second-order valence-electron chi connectivity index (χ2n) is 5.54. The van der Waals surface area contributed by atoms with E-state index in [0.29, 0.717) is 37.5 Å². The van der Waals surface area contributed by atoms with Gasteiger partial charge in [-0.15, -0.1) is 0 Å². The molecule has 0 amide bonds. The van der Waals surface area contributed by atoms with Crippen LogP contribution in [0.1, 0.15) is 0 Å². The van der Waals surface area contributed by atoms with Gasteiger partial charge in [0.15, 0.2) is 0 Å². The Morgan fingerprint density at radius 1 is 1.08 bits per heavy atom. The van der Waals surface area contributed by atoms with Crippen molar-refractivity contribution in [3.05, 3.63) is 52.9 Å². The highest BCUT2D eigenvalue weighted by atomic mass is 32.2. The Hall–Kier alpha value is -2.29. The third-order valence-corrected chi connectivity index (χ3v) is 5.99. The average Bonchev–Trinajstić information content (AvgIpc) is 2.62. The van der Waals surface area contributed by atoms with E-state index >= 15 is 0 Å². The summed E-state index contributed by atoms with van der Waals surface area (Å²) >= 11 is 0. The summed E-state index contributed by atoms with van der Waals surface area (Å²) in [5.41, 5.74) is 0.723. The Morgan fingerprint density at radius 2 is 1.88 bits per heavy atom. The molecule has 1 saturated heterocycles. The van der Waals surface area contributed by atoms with E-state index in [9.17, 15) is 13.2 Å². The largest absolute Gasteiger partial charge is 0.379 e. The number of pyridine rings is 1. The molecule has 7 nitrogen and oxygen atoms in total. The van der Waals surface area contributed by atoms with E-state index in [1.165, 1.54) is 20.8 Å². The van der Waals surface area contributed by atoms with Crippen LogP contribution in [-0.4, -0.2) is 48.4 Å². The standard InChI is InChI=1S/C16H15N3O4S/c20-16-13-11-12(24(21,22)18-7-9-23-10-8-18)4-5-14(13)17-15-3-1-2-6-19(15)16/h1-6,11H,7-10H2. The van der Waals surface area contributed by atoms with E-state index in [0.717, 1.165) is 0 Å². The molecule has 1 aliphatic rings. The molecule has 0 aliphatic carbocycles. The summed E-state index contributed by atoms with van der Waals surface area (Å²) in [4.78, 5) is 17.2. The molecule has 124 valence electrons. The number of rotatable bonds is 2. The van der Waals surface area contributed by atoms with Gasteiger partial charge in [0.25, 0.3) is 5.56 Å². The number of hydrogen-bond donors (Lipinski definition) is 0. The Bertz CT molecular complexity index is 1090. The van der Waals surface area contributed by atoms with Gasteiger partial charge in [-0.1, -0.05) is 6.07 Å². The van der Waals surface area contributed by atoms with Gasteiger partial charge in [0.2, 0.25) is 10.0 Å². The number of fused-ring (bicyclic) bond motifs is 2. The lowest BCUT2D eigenvalue weighted by Crippen LogP contribution is -2.40. The second kappa shape index (κ2) is 5.66. The van der Waals surface area contributed by atoms with Gasteiger partial charge in [0.1, 0.15) is 5.65 Å². The fourth-order valence-electron chi connectivity index (χ4n) is 2.83. The number of morpholine rings is 1. The Balaban J connectivity index is 1.90. The molecule has 0 atom stereocenters. The molecule has 1 aliphatic heterocycles. The highest BCUT2D eigenvalue weighted by Gasteiger charge is 2.26. The van der Waals surface area contributed by atoms with Crippen LogP contribution in [0.5, 0.6) is 0 Å². The number of aromatic nitrogens is 2. The van der Waals surface area contributed by atoms with Crippen molar-refractivity contribution in [3.63, 3.8) is 0 Å². The summed E-state index contributed by atoms with van der Waals surface area (Å²) in [5.74, 6) is 0. The highest BCUT2D eigenvalue weighted by Crippen LogP contribution is 2.20. The maximum atomic E-state index is 12.7. The van der Waals surface area contributed by atoms with Crippen LogP contribution < -0.4 is 5.56 Å². The minimum atomic E-state index is -3.65. The van der Waals surface area contributed by atoms with E-state index in [1.807, 2.05) is 0 Å². The zero-order chi connectivity index (χ0) is 16.7. The van der Waals surface area contributed by atoms with Crippen LogP contribution in [0.2, 0.25) is 0 Å². The van der Waals surface area contributed by atoms with Crippen molar-refractivity contribution >= 4 is 26.6 Å². The highest BCUT2D eigenvalue weighted by molar-refractivity contribution is 7.89. The van der Waals surface area contributed by atoms with Crippen molar-refractivity contribution in [2.24, 2.45) is 0 Å². The SMILES string of the molecule is O=c1c2cc(S(=O)(=O)N3CCOCC3)ccc2nc2ccccn12. The van der Waals surface area contributed by atoms with E-state index < -0.39 is 10.0 Å².